The van der Waals surface area contributed by atoms with Crippen LogP contribution in [0.2, 0.25) is 5.02 Å². The Morgan fingerprint density at radius 2 is 1.91 bits per heavy atom. The fourth-order valence-corrected chi connectivity index (χ4v) is 6.10. The van der Waals surface area contributed by atoms with E-state index >= 15 is 0 Å². The molecule has 0 radical (unpaired) electrons. The molecule has 6 rings (SSSR count). The lowest BCUT2D eigenvalue weighted by atomic mass is 9.83. The van der Waals surface area contributed by atoms with Crippen LogP contribution in [0.5, 0.6) is 5.75 Å². The van der Waals surface area contributed by atoms with Crippen molar-refractivity contribution in [3.63, 3.8) is 0 Å². The van der Waals surface area contributed by atoms with Gasteiger partial charge in [0.1, 0.15) is 11.3 Å². The molecular formula is C26H25ClN2O5. The maximum absolute atomic E-state index is 13.0. The smallest absolute Gasteiger partial charge is 0.339 e. The maximum atomic E-state index is 13.0. The van der Waals surface area contributed by atoms with E-state index in [2.05, 4.69) is 0 Å². The molecule has 2 bridgehead atoms. The summed E-state index contributed by atoms with van der Waals surface area (Å²) >= 11 is 6.50. The van der Waals surface area contributed by atoms with Gasteiger partial charge in [0.2, 0.25) is 0 Å². The summed E-state index contributed by atoms with van der Waals surface area (Å²) in [6, 6.07) is 8.76. The lowest BCUT2D eigenvalue weighted by molar-refractivity contribution is -0.136. The average Bonchev–Trinajstić information content (AvgIpc) is 2.84. The molecule has 1 amide bonds. The Balaban J connectivity index is 1.20. The number of piperidine rings is 1. The highest BCUT2D eigenvalue weighted by atomic mass is 35.5. The van der Waals surface area contributed by atoms with E-state index in [1.54, 1.807) is 24.3 Å². The van der Waals surface area contributed by atoms with Crippen LogP contribution in [-0.4, -0.2) is 35.1 Å². The Morgan fingerprint density at radius 3 is 2.76 bits per heavy atom. The fourth-order valence-electron chi connectivity index (χ4n) is 5.89. The van der Waals surface area contributed by atoms with Crippen molar-refractivity contribution < 1.29 is 13.9 Å². The van der Waals surface area contributed by atoms with E-state index < -0.39 is 0 Å². The van der Waals surface area contributed by atoms with Crippen molar-refractivity contribution in [3.8, 4) is 5.75 Å². The number of nitrogens with zero attached hydrogens (tertiary/aromatic N) is 2. The minimum absolute atomic E-state index is 0.0224. The SMILES string of the molecule is O=C(COc1cc2oc(=O)c3c(c2cc1Cl)CCCC3)N1C[C@H]2C[C@@H](C1)c1cccc(=O)n1C2. The molecular weight excluding hydrogens is 456 g/mol. The number of rotatable bonds is 3. The Morgan fingerprint density at radius 1 is 1.09 bits per heavy atom. The number of hydrogen-bond acceptors (Lipinski definition) is 5. The molecule has 1 aliphatic carbocycles. The first-order chi connectivity index (χ1) is 16.5. The van der Waals surface area contributed by atoms with Crippen molar-refractivity contribution in [1.29, 1.82) is 0 Å². The van der Waals surface area contributed by atoms with Crippen molar-refractivity contribution >= 4 is 28.5 Å². The fraction of sp³-hybridized carbons (Fsp3) is 0.423. The quantitative estimate of drug-likeness (QED) is 0.536. The third kappa shape index (κ3) is 3.63. The van der Waals surface area contributed by atoms with E-state index in [1.165, 1.54) is 0 Å². The predicted octanol–water partition coefficient (Wildman–Crippen LogP) is 3.51. The van der Waals surface area contributed by atoms with Gasteiger partial charge >= 0.3 is 5.63 Å². The van der Waals surface area contributed by atoms with E-state index in [4.69, 9.17) is 20.8 Å². The van der Waals surface area contributed by atoms with Gasteiger partial charge in [-0.3, -0.25) is 9.59 Å². The molecule has 2 atom stereocenters. The summed E-state index contributed by atoms with van der Waals surface area (Å²) in [6.07, 6.45) is 4.57. The number of halogens is 1. The van der Waals surface area contributed by atoms with Gasteiger partial charge in [0.25, 0.3) is 11.5 Å². The van der Waals surface area contributed by atoms with Crippen LogP contribution in [0.25, 0.3) is 11.0 Å². The van der Waals surface area contributed by atoms with E-state index in [0.29, 0.717) is 36.0 Å². The van der Waals surface area contributed by atoms with Crippen LogP contribution in [0.1, 0.15) is 42.0 Å². The molecule has 2 aliphatic heterocycles. The topological polar surface area (TPSA) is 81.8 Å². The second-order valence-corrected chi connectivity index (χ2v) is 10.0. The van der Waals surface area contributed by atoms with Crippen LogP contribution >= 0.6 is 11.6 Å². The van der Waals surface area contributed by atoms with Crippen molar-refractivity contribution in [2.75, 3.05) is 19.7 Å². The Hall–Kier alpha value is -3.06. The molecule has 7 nitrogen and oxygen atoms in total. The third-order valence-electron chi connectivity index (χ3n) is 7.46. The van der Waals surface area contributed by atoms with E-state index in [0.717, 1.165) is 54.3 Å². The van der Waals surface area contributed by atoms with Gasteiger partial charge < -0.3 is 18.6 Å². The van der Waals surface area contributed by atoms with E-state index in [1.807, 2.05) is 15.5 Å². The molecule has 2 aromatic heterocycles. The number of aromatic nitrogens is 1. The third-order valence-corrected chi connectivity index (χ3v) is 7.76. The number of benzene rings is 1. The number of carbonyl (C=O) groups is 1. The van der Waals surface area contributed by atoms with E-state index in [9.17, 15) is 14.4 Å². The highest BCUT2D eigenvalue weighted by Crippen LogP contribution is 2.36. The highest BCUT2D eigenvalue weighted by Gasteiger charge is 2.36. The lowest BCUT2D eigenvalue weighted by Crippen LogP contribution is -2.50. The molecule has 4 heterocycles. The van der Waals surface area contributed by atoms with Crippen LogP contribution in [0.4, 0.5) is 0 Å². The normalized spacial score (nSPS) is 21.1. The van der Waals surface area contributed by atoms with Crippen molar-refractivity contribution in [3.05, 3.63) is 72.9 Å². The summed E-state index contributed by atoms with van der Waals surface area (Å²) in [5.41, 5.74) is 2.92. The predicted molar refractivity (Wildman–Crippen MR) is 128 cm³/mol. The first-order valence-electron chi connectivity index (χ1n) is 11.9. The van der Waals surface area contributed by atoms with Gasteiger partial charge in [-0.2, -0.15) is 0 Å². The molecule has 34 heavy (non-hydrogen) atoms. The Kier molecular flexibility index (Phi) is 5.25. The van der Waals surface area contributed by atoms with Crippen LogP contribution in [0, 0.1) is 5.92 Å². The molecule has 8 heteroatoms. The van der Waals surface area contributed by atoms with Crippen LogP contribution in [0.15, 0.2) is 44.3 Å². The number of carbonyl (C=O) groups excluding carboxylic acids is 1. The lowest BCUT2D eigenvalue weighted by Gasteiger charge is -2.42. The Labute approximate surface area is 200 Å². The zero-order chi connectivity index (χ0) is 23.4. The summed E-state index contributed by atoms with van der Waals surface area (Å²) < 4.78 is 13.2. The first kappa shape index (κ1) is 21.5. The molecule has 0 unspecified atom stereocenters. The van der Waals surface area contributed by atoms with Crippen LogP contribution in [0.3, 0.4) is 0 Å². The van der Waals surface area contributed by atoms with Crippen molar-refractivity contribution in [2.45, 2.75) is 44.6 Å². The number of hydrogen-bond donors (Lipinski definition) is 0. The summed E-state index contributed by atoms with van der Waals surface area (Å²) in [5.74, 6) is 0.607. The van der Waals surface area contributed by atoms with Gasteiger partial charge in [-0.25, -0.2) is 4.79 Å². The van der Waals surface area contributed by atoms with Gasteiger partial charge in [-0.1, -0.05) is 17.7 Å². The zero-order valence-electron chi connectivity index (χ0n) is 18.7. The largest absolute Gasteiger partial charge is 0.482 e. The molecule has 0 spiro atoms. The molecule has 1 saturated heterocycles. The molecule has 176 valence electrons. The first-order valence-corrected chi connectivity index (χ1v) is 12.2. The van der Waals surface area contributed by atoms with Gasteiger partial charge in [-0.15, -0.1) is 0 Å². The minimum Gasteiger partial charge on any atom is -0.482 e. The Bertz CT molecular complexity index is 1430. The summed E-state index contributed by atoms with van der Waals surface area (Å²) in [4.78, 5) is 39.5. The molecule has 0 saturated carbocycles. The second-order valence-electron chi connectivity index (χ2n) is 9.62. The van der Waals surface area contributed by atoms with E-state index in [-0.39, 0.29) is 35.5 Å². The van der Waals surface area contributed by atoms with Gasteiger partial charge in [0, 0.05) is 54.3 Å². The molecule has 3 aromatic rings. The zero-order valence-corrected chi connectivity index (χ0v) is 19.5. The number of pyridine rings is 1. The van der Waals surface area contributed by atoms with Gasteiger partial charge in [-0.05, 0) is 55.7 Å². The van der Waals surface area contributed by atoms with Gasteiger partial charge in [0.15, 0.2) is 6.61 Å². The van der Waals surface area contributed by atoms with Crippen LogP contribution in [-0.2, 0) is 24.2 Å². The summed E-state index contributed by atoms with van der Waals surface area (Å²) in [5, 5.41) is 1.24. The summed E-state index contributed by atoms with van der Waals surface area (Å²) in [6.45, 7) is 1.65. The molecule has 1 aromatic carbocycles. The standard InChI is InChI=1S/C26H25ClN2O5/c27-20-9-19-17-4-1-2-5-18(17)26(32)34-22(19)10-23(20)33-14-25(31)28-11-15-8-16(13-28)21-6-3-7-24(30)29(21)12-15/h3,6-7,9-10,15-16H,1-2,4-5,8,11-14H2/t15-,16+/m1/s1. The number of amides is 1. The molecule has 3 aliphatic rings. The van der Waals surface area contributed by atoms with Crippen LogP contribution < -0.4 is 15.9 Å². The maximum Gasteiger partial charge on any atom is 0.339 e. The molecule has 1 fully saturated rings. The minimum atomic E-state index is -0.300. The number of ether oxygens (including phenoxy) is 1. The number of fused-ring (bicyclic) bond motifs is 7. The average molecular weight is 481 g/mol. The van der Waals surface area contributed by atoms with Gasteiger partial charge in [0.05, 0.1) is 5.02 Å². The second kappa shape index (κ2) is 8.31. The monoisotopic (exact) mass is 480 g/mol. The number of likely N-dealkylation sites (tertiary alicyclic amines) is 1. The van der Waals surface area contributed by atoms with Crippen molar-refractivity contribution in [1.82, 2.24) is 9.47 Å². The highest BCUT2D eigenvalue weighted by molar-refractivity contribution is 6.32. The molecule has 0 N–H and O–H groups in total. The summed E-state index contributed by atoms with van der Waals surface area (Å²) in [7, 11) is 0. The van der Waals surface area contributed by atoms with Crippen molar-refractivity contribution in [2.24, 2.45) is 5.92 Å². The number of aryl methyl sites for hydroxylation is 1.